The third-order valence-electron chi connectivity index (χ3n) is 3.01. The van der Waals surface area contributed by atoms with E-state index in [0.29, 0.717) is 11.4 Å². The highest BCUT2D eigenvalue weighted by atomic mass is 79.9. The summed E-state index contributed by atoms with van der Waals surface area (Å²) < 4.78 is 6.09. The lowest BCUT2D eigenvalue weighted by atomic mass is 10.1. The van der Waals surface area contributed by atoms with Crippen LogP contribution in [-0.4, -0.2) is 20.4 Å². The summed E-state index contributed by atoms with van der Waals surface area (Å²) in [5, 5.41) is 22.8. The maximum Gasteiger partial charge on any atom is 0.258 e. The van der Waals surface area contributed by atoms with Crippen LogP contribution in [0.4, 0.5) is 0 Å². The third kappa shape index (κ3) is 2.62. The van der Waals surface area contributed by atoms with Crippen LogP contribution in [0.25, 0.3) is 22.8 Å². The van der Waals surface area contributed by atoms with E-state index in [9.17, 15) is 10.2 Å². The Morgan fingerprint density at radius 2 is 1.86 bits per heavy atom. The number of nitrogens with zero attached hydrogens (tertiary/aromatic N) is 2. The molecule has 0 spiro atoms. The van der Waals surface area contributed by atoms with Crippen LogP contribution in [0.1, 0.15) is 5.56 Å². The fraction of sp³-hybridized carbons (Fsp3) is 0.0667. The first-order chi connectivity index (χ1) is 10.0. The Bertz CT molecular complexity index is 814. The van der Waals surface area contributed by atoms with E-state index < -0.39 is 0 Å². The molecular weight excluding hydrogens is 336 g/mol. The Morgan fingerprint density at radius 3 is 2.57 bits per heavy atom. The molecule has 1 aromatic heterocycles. The lowest BCUT2D eigenvalue weighted by molar-refractivity contribution is 0.402. The molecule has 0 fully saturated rings. The van der Waals surface area contributed by atoms with Gasteiger partial charge in [0.1, 0.15) is 0 Å². The molecule has 0 aliphatic carbocycles. The lowest BCUT2D eigenvalue weighted by Gasteiger charge is -2.00. The molecule has 5 nitrogen and oxygen atoms in total. The summed E-state index contributed by atoms with van der Waals surface area (Å²) in [6.45, 7) is 2.00. The highest BCUT2D eigenvalue weighted by Gasteiger charge is 2.14. The first-order valence-corrected chi connectivity index (χ1v) is 6.96. The van der Waals surface area contributed by atoms with Crippen molar-refractivity contribution >= 4 is 15.9 Å². The minimum Gasteiger partial charge on any atom is -0.504 e. The number of hydrogen-bond donors (Lipinski definition) is 2. The molecule has 2 N–H and O–H groups in total. The number of rotatable bonds is 2. The zero-order valence-corrected chi connectivity index (χ0v) is 12.6. The van der Waals surface area contributed by atoms with Crippen LogP contribution in [-0.2, 0) is 0 Å². The lowest BCUT2D eigenvalue weighted by Crippen LogP contribution is -1.84. The van der Waals surface area contributed by atoms with Crippen LogP contribution >= 0.6 is 15.9 Å². The molecule has 2 aromatic carbocycles. The Labute approximate surface area is 129 Å². The van der Waals surface area contributed by atoms with Gasteiger partial charge >= 0.3 is 0 Å². The summed E-state index contributed by atoms with van der Waals surface area (Å²) in [7, 11) is 0. The molecule has 0 saturated heterocycles. The van der Waals surface area contributed by atoms with Gasteiger partial charge in [-0.3, -0.25) is 0 Å². The van der Waals surface area contributed by atoms with Gasteiger partial charge in [-0.2, -0.15) is 4.98 Å². The molecule has 6 heteroatoms. The minimum absolute atomic E-state index is 0.195. The largest absolute Gasteiger partial charge is 0.504 e. The van der Waals surface area contributed by atoms with Crippen LogP contribution in [0.15, 0.2) is 45.4 Å². The first kappa shape index (κ1) is 13.6. The molecule has 21 heavy (non-hydrogen) atoms. The van der Waals surface area contributed by atoms with Crippen LogP contribution in [0.3, 0.4) is 0 Å². The van der Waals surface area contributed by atoms with Crippen molar-refractivity contribution in [2.75, 3.05) is 0 Å². The number of phenols is 2. The molecule has 106 valence electrons. The van der Waals surface area contributed by atoms with E-state index in [1.807, 2.05) is 25.1 Å². The average molecular weight is 347 g/mol. The van der Waals surface area contributed by atoms with Crippen LogP contribution in [0, 0.1) is 6.92 Å². The second-order valence-corrected chi connectivity index (χ2v) is 5.46. The molecule has 0 atom stereocenters. The van der Waals surface area contributed by atoms with Gasteiger partial charge in [-0.05, 0) is 42.8 Å². The van der Waals surface area contributed by atoms with Gasteiger partial charge in [0.25, 0.3) is 5.89 Å². The van der Waals surface area contributed by atoms with Crippen molar-refractivity contribution < 1.29 is 14.7 Å². The van der Waals surface area contributed by atoms with Gasteiger partial charge in [0.2, 0.25) is 5.82 Å². The molecule has 0 aliphatic heterocycles. The SMILES string of the molecule is Cc1ccc(-c2noc(-c3ccc(O)c(O)c3)n2)c(Br)c1. The van der Waals surface area contributed by atoms with E-state index in [-0.39, 0.29) is 17.4 Å². The van der Waals surface area contributed by atoms with Crippen molar-refractivity contribution in [2.45, 2.75) is 6.92 Å². The van der Waals surface area contributed by atoms with Gasteiger partial charge in [-0.1, -0.05) is 27.2 Å². The van der Waals surface area contributed by atoms with Gasteiger partial charge in [0.05, 0.1) is 0 Å². The zero-order valence-electron chi connectivity index (χ0n) is 11.0. The molecule has 0 unspecified atom stereocenters. The summed E-state index contributed by atoms with van der Waals surface area (Å²) in [4.78, 5) is 4.31. The van der Waals surface area contributed by atoms with E-state index in [0.717, 1.165) is 15.6 Å². The number of aryl methyl sites for hydroxylation is 1. The maximum absolute atomic E-state index is 9.51. The number of aromatic nitrogens is 2. The number of halogens is 1. The van der Waals surface area contributed by atoms with Gasteiger partial charge in [-0.25, -0.2) is 0 Å². The highest BCUT2D eigenvalue weighted by Crippen LogP contribution is 2.32. The van der Waals surface area contributed by atoms with Gasteiger partial charge in [0.15, 0.2) is 11.5 Å². The van der Waals surface area contributed by atoms with E-state index >= 15 is 0 Å². The second kappa shape index (κ2) is 5.21. The Hall–Kier alpha value is -2.34. The van der Waals surface area contributed by atoms with E-state index in [1.165, 1.54) is 12.1 Å². The Balaban J connectivity index is 2.01. The predicted molar refractivity (Wildman–Crippen MR) is 80.9 cm³/mol. The van der Waals surface area contributed by atoms with Gasteiger partial charge in [-0.15, -0.1) is 0 Å². The highest BCUT2D eigenvalue weighted by molar-refractivity contribution is 9.10. The van der Waals surface area contributed by atoms with E-state index in [1.54, 1.807) is 6.07 Å². The average Bonchev–Trinajstić information content (AvgIpc) is 2.91. The molecule has 0 amide bonds. The molecule has 0 bridgehead atoms. The molecule has 3 rings (SSSR count). The zero-order chi connectivity index (χ0) is 15.0. The fourth-order valence-electron chi connectivity index (χ4n) is 1.91. The molecule has 0 aliphatic rings. The van der Waals surface area contributed by atoms with Crippen LogP contribution in [0.5, 0.6) is 11.5 Å². The summed E-state index contributed by atoms with van der Waals surface area (Å²) in [6, 6.07) is 10.2. The smallest absolute Gasteiger partial charge is 0.258 e. The van der Waals surface area contributed by atoms with Crippen molar-refractivity contribution in [3.05, 3.63) is 46.4 Å². The van der Waals surface area contributed by atoms with E-state index in [2.05, 4.69) is 26.1 Å². The summed E-state index contributed by atoms with van der Waals surface area (Å²) >= 11 is 3.48. The Morgan fingerprint density at radius 1 is 1.05 bits per heavy atom. The number of aromatic hydroxyl groups is 2. The summed E-state index contributed by atoms with van der Waals surface area (Å²) in [5.41, 5.74) is 2.48. The van der Waals surface area contributed by atoms with Gasteiger partial charge in [0, 0.05) is 15.6 Å². The second-order valence-electron chi connectivity index (χ2n) is 4.61. The van der Waals surface area contributed by atoms with Crippen LogP contribution < -0.4 is 0 Å². The Kier molecular flexibility index (Phi) is 3.39. The number of hydrogen-bond acceptors (Lipinski definition) is 5. The number of phenolic OH excluding ortho intramolecular Hbond substituents is 2. The third-order valence-corrected chi connectivity index (χ3v) is 3.67. The van der Waals surface area contributed by atoms with Crippen molar-refractivity contribution in [3.8, 4) is 34.3 Å². The predicted octanol–water partition coefficient (Wildman–Crippen LogP) is 3.89. The van der Waals surface area contributed by atoms with Crippen molar-refractivity contribution in [1.29, 1.82) is 0 Å². The summed E-state index contributed by atoms with van der Waals surface area (Å²) in [5.74, 6) is 0.292. The molecule has 1 heterocycles. The fourth-order valence-corrected chi connectivity index (χ4v) is 2.58. The number of benzene rings is 2. The molecule has 0 radical (unpaired) electrons. The molecular formula is C15H11BrN2O3. The molecule has 3 aromatic rings. The van der Waals surface area contributed by atoms with Crippen molar-refractivity contribution in [2.24, 2.45) is 0 Å². The van der Waals surface area contributed by atoms with E-state index in [4.69, 9.17) is 4.52 Å². The summed E-state index contributed by atoms with van der Waals surface area (Å²) in [6.07, 6.45) is 0. The maximum atomic E-state index is 9.51. The van der Waals surface area contributed by atoms with Crippen LogP contribution in [0.2, 0.25) is 0 Å². The topological polar surface area (TPSA) is 79.4 Å². The van der Waals surface area contributed by atoms with Gasteiger partial charge < -0.3 is 14.7 Å². The quantitative estimate of drug-likeness (QED) is 0.688. The van der Waals surface area contributed by atoms with Crippen molar-refractivity contribution in [1.82, 2.24) is 10.1 Å². The normalized spacial score (nSPS) is 10.8. The van der Waals surface area contributed by atoms with Crippen molar-refractivity contribution in [3.63, 3.8) is 0 Å². The first-order valence-electron chi connectivity index (χ1n) is 6.17. The molecule has 0 saturated carbocycles. The standard InChI is InChI=1S/C15H11BrN2O3/c1-8-2-4-10(11(16)6-8)14-17-15(21-18-14)9-3-5-12(19)13(20)7-9/h2-7,19-20H,1H3. The monoisotopic (exact) mass is 346 g/mol. The minimum atomic E-state index is -0.233.